The summed E-state index contributed by atoms with van der Waals surface area (Å²) >= 11 is 0. The molecule has 0 unspecified atom stereocenters. The summed E-state index contributed by atoms with van der Waals surface area (Å²) in [5.74, 6) is 0.620. The lowest BCUT2D eigenvalue weighted by Crippen LogP contribution is -2.02. The van der Waals surface area contributed by atoms with Crippen LogP contribution < -0.4 is 4.74 Å². The molecule has 0 aromatic heterocycles. The zero-order valence-electron chi connectivity index (χ0n) is 11.0. The first kappa shape index (κ1) is 14.5. The molecule has 0 saturated heterocycles. The maximum Gasteiger partial charge on any atom is 0.302 e. The molecule has 0 aliphatic carbocycles. The average molecular weight is 252 g/mol. The zero-order chi connectivity index (χ0) is 13.2. The largest absolute Gasteiger partial charge is 0.497 e. The van der Waals surface area contributed by atoms with E-state index in [-0.39, 0.29) is 5.97 Å². The van der Waals surface area contributed by atoms with Crippen LogP contribution in [0.4, 0.5) is 0 Å². The lowest BCUT2D eigenvalue weighted by molar-refractivity contribution is -0.141. The van der Waals surface area contributed by atoms with E-state index < -0.39 is 0 Å². The topological polar surface area (TPSA) is 44.8 Å². The van der Waals surface area contributed by atoms with Gasteiger partial charge in [-0.25, -0.2) is 0 Å². The average Bonchev–Trinajstić information content (AvgIpc) is 2.38. The summed E-state index contributed by atoms with van der Waals surface area (Å²) in [6, 6.07) is 7.80. The predicted octanol–water partition coefficient (Wildman–Crippen LogP) is 2.56. The summed E-state index contributed by atoms with van der Waals surface area (Å²) < 4.78 is 15.4. The molecule has 1 aromatic rings. The summed E-state index contributed by atoms with van der Waals surface area (Å²) in [4.78, 5) is 10.5. The van der Waals surface area contributed by atoms with Gasteiger partial charge in [0, 0.05) is 13.5 Å². The third kappa shape index (κ3) is 6.25. The normalized spacial score (nSPS) is 10.1. The van der Waals surface area contributed by atoms with Gasteiger partial charge in [-0.05, 0) is 30.5 Å². The smallest absolute Gasteiger partial charge is 0.302 e. The van der Waals surface area contributed by atoms with Crippen molar-refractivity contribution in [3.05, 3.63) is 29.8 Å². The van der Waals surface area contributed by atoms with Crippen LogP contribution in [0.1, 0.15) is 25.3 Å². The Morgan fingerprint density at radius 2 is 1.78 bits per heavy atom. The standard InChI is InChI=1S/C14H20O4/c1-12(15)18-10-4-3-9-17-11-13-5-7-14(16-2)8-6-13/h5-8H,3-4,9-11H2,1-2H3. The number of methoxy groups -OCH3 is 1. The van der Waals surface area contributed by atoms with E-state index in [9.17, 15) is 4.79 Å². The molecular formula is C14H20O4. The second-order valence-corrected chi connectivity index (χ2v) is 3.95. The Balaban J connectivity index is 2.05. The molecule has 100 valence electrons. The Morgan fingerprint density at radius 1 is 1.11 bits per heavy atom. The molecule has 18 heavy (non-hydrogen) atoms. The highest BCUT2D eigenvalue weighted by atomic mass is 16.5. The van der Waals surface area contributed by atoms with Crippen LogP contribution in [0.25, 0.3) is 0 Å². The Morgan fingerprint density at radius 3 is 2.39 bits per heavy atom. The summed E-state index contributed by atoms with van der Waals surface area (Å²) in [5, 5.41) is 0. The molecule has 0 fully saturated rings. The summed E-state index contributed by atoms with van der Waals surface area (Å²) in [6.07, 6.45) is 1.73. The van der Waals surface area contributed by atoms with E-state index in [0.717, 1.165) is 24.2 Å². The Labute approximate surface area is 108 Å². The van der Waals surface area contributed by atoms with Crippen molar-refractivity contribution in [3.63, 3.8) is 0 Å². The minimum Gasteiger partial charge on any atom is -0.497 e. The van der Waals surface area contributed by atoms with E-state index in [1.165, 1.54) is 6.92 Å². The molecule has 1 aromatic carbocycles. The maximum absolute atomic E-state index is 10.5. The van der Waals surface area contributed by atoms with E-state index in [1.807, 2.05) is 24.3 Å². The summed E-state index contributed by atoms with van der Waals surface area (Å²) in [7, 11) is 1.65. The molecule has 0 spiro atoms. The third-order valence-corrected chi connectivity index (χ3v) is 2.42. The molecule has 0 bridgehead atoms. The van der Waals surface area contributed by atoms with Gasteiger partial charge in [0.25, 0.3) is 0 Å². The number of hydrogen-bond acceptors (Lipinski definition) is 4. The van der Waals surface area contributed by atoms with Gasteiger partial charge in [0.2, 0.25) is 0 Å². The van der Waals surface area contributed by atoms with E-state index >= 15 is 0 Å². The van der Waals surface area contributed by atoms with Gasteiger partial charge in [-0.3, -0.25) is 4.79 Å². The number of hydrogen-bond donors (Lipinski definition) is 0. The van der Waals surface area contributed by atoms with E-state index in [2.05, 4.69) is 0 Å². The van der Waals surface area contributed by atoms with Crippen molar-refractivity contribution < 1.29 is 19.0 Å². The number of benzene rings is 1. The molecule has 0 atom stereocenters. The van der Waals surface area contributed by atoms with Crippen LogP contribution in [0.2, 0.25) is 0 Å². The van der Waals surface area contributed by atoms with Gasteiger partial charge in [-0.1, -0.05) is 12.1 Å². The van der Waals surface area contributed by atoms with Crippen LogP contribution in [0, 0.1) is 0 Å². The Bertz CT molecular complexity index is 345. The number of carbonyl (C=O) groups is 1. The van der Waals surface area contributed by atoms with Crippen LogP contribution in [0.5, 0.6) is 5.75 Å². The second kappa shape index (κ2) is 8.53. The second-order valence-electron chi connectivity index (χ2n) is 3.95. The zero-order valence-corrected chi connectivity index (χ0v) is 11.0. The monoisotopic (exact) mass is 252 g/mol. The molecular weight excluding hydrogens is 232 g/mol. The predicted molar refractivity (Wildman–Crippen MR) is 68.5 cm³/mol. The van der Waals surface area contributed by atoms with E-state index in [4.69, 9.17) is 14.2 Å². The van der Waals surface area contributed by atoms with Gasteiger partial charge in [0.15, 0.2) is 0 Å². The molecule has 1 rings (SSSR count). The first-order chi connectivity index (χ1) is 8.72. The molecule has 4 heteroatoms. The first-order valence-electron chi connectivity index (χ1n) is 6.06. The fraction of sp³-hybridized carbons (Fsp3) is 0.500. The van der Waals surface area contributed by atoms with Crippen molar-refractivity contribution >= 4 is 5.97 Å². The van der Waals surface area contributed by atoms with Gasteiger partial charge in [0.05, 0.1) is 20.3 Å². The molecule has 0 saturated carbocycles. The Kier molecular flexibility index (Phi) is 6.87. The number of ether oxygens (including phenoxy) is 3. The van der Waals surface area contributed by atoms with Crippen LogP contribution in [-0.2, 0) is 20.9 Å². The lowest BCUT2D eigenvalue weighted by Gasteiger charge is -2.05. The number of carbonyl (C=O) groups excluding carboxylic acids is 1. The fourth-order valence-corrected chi connectivity index (χ4v) is 1.43. The lowest BCUT2D eigenvalue weighted by atomic mass is 10.2. The quantitative estimate of drug-likeness (QED) is 0.527. The van der Waals surface area contributed by atoms with Crippen molar-refractivity contribution in [2.75, 3.05) is 20.3 Å². The van der Waals surface area contributed by atoms with Crippen LogP contribution in [0.15, 0.2) is 24.3 Å². The minimum absolute atomic E-state index is 0.228. The maximum atomic E-state index is 10.5. The van der Waals surface area contributed by atoms with Crippen molar-refractivity contribution in [3.8, 4) is 5.75 Å². The highest BCUT2D eigenvalue weighted by Crippen LogP contribution is 2.11. The third-order valence-electron chi connectivity index (χ3n) is 2.42. The molecule has 0 aliphatic heterocycles. The van der Waals surface area contributed by atoms with Crippen molar-refractivity contribution in [2.24, 2.45) is 0 Å². The van der Waals surface area contributed by atoms with Crippen LogP contribution in [0.3, 0.4) is 0 Å². The summed E-state index contributed by atoms with van der Waals surface area (Å²) in [5.41, 5.74) is 1.12. The molecule has 0 amide bonds. The van der Waals surface area contributed by atoms with Gasteiger partial charge >= 0.3 is 5.97 Å². The molecule has 0 aliphatic rings. The van der Waals surface area contributed by atoms with Crippen molar-refractivity contribution in [1.82, 2.24) is 0 Å². The molecule has 0 N–H and O–H groups in total. The first-order valence-corrected chi connectivity index (χ1v) is 6.06. The van der Waals surface area contributed by atoms with Gasteiger partial charge in [-0.2, -0.15) is 0 Å². The fourth-order valence-electron chi connectivity index (χ4n) is 1.43. The highest BCUT2D eigenvalue weighted by Gasteiger charge is 1.96. The highest BCUT2D eigenvalue weighted by molar-refractivity contribution is 5.65. The molecule has 4 nitrogen and oxygen atoms in total. The molecule has 0 radical (unpaired) electrons. The van der Waals surface area contributed by atoms with Gasteiger partial charge in [0.1, 0.15) is 5.75 Å². The summed E-state index contributed by atoms with van der Waals surface area (Å²) in [6.45, 7) is 3.16. The minimum atomic E-state index is -0.228. The van der Waals surface area contributed by atoms with E-state index in [0.29, 0.717) is 19.8 Å². The van der Waals surface area contributed by atoms with Crippen LogP contribution >= 0.6 is 0 Å². The van der Waals surface area contributed by atoms with Crippen molar-refractivity contribution in [1.29, 1.82) is 0 Å². The number of unbranched alkanes of at least 4 members (excludes halogenated alkanes) is 1. The van der Waals surface area contributed by atoms with Crippen LogP contribution in [-0.4, -0.2) is 26.3 Å². The van der Waals surface area contributed by atoms with Crippen molar-refractivity contribution in [2.45, 2.75) is 26.4 Å². The number of esters is 1. The van der Waals surface area contributed by atoms with Gasteiger partial charge in [-0.15, -0.1) is 0 Å². The van der Waals surface area contributed by atoms with Gasteiger partial charge < -0.3 is 14.2 Å². The SMILES string of the molecule is COc1ccc(COCCCCOC(C)=O)cc1. The Hall–Kier alpha value is -1.55. The molecule has 0 heterocycles. The van der Waals surface area contributed by atoms with E-state index in [1.54, 1.807) is 7.11 Å². The number of rotatable bonds is 8.